The molecule has 6 heteroatoms. The number of hydrogen-bond acceptors (Lipinski definition) is 4. The molecule has 0 heterocycles. The Labute approximate surface area is 118 Å². The molecule has 0 aromatic heterocycles. The van der Waals surface area contributed by atoms with Gasteiger partial charge in [0, 0.05) is 13.7 Å². The maximum Gasteiger partial charge on any atom is 0.234 e. The molecule has 112 valence electrons. The summed E-state index contributed by atoms with van der Waals surface area (Å²) >= 11 is 0. The number of halogens is 1. The highest BCUT2D eigenvalue weighted by molar-refractivity contribution is 5.77. The summed E-state index contributed by atoms with van der Waals surface area (Å²) < 4.78 is 23.6. The quantitative estimate of drug-likeness (QED) is 0.663. The number of hydrogen-bond donors (Lipinski definition) is 2. The summed E-state index contributed by atoms with van der Waals surface area (Å²) in [7, 11) is 1.60. The van der Waals surface area contributed by atoms with Crippen LogP contribution in [0.15, 0.2) is 24.3 Å². The monoisotopic (exact) mass is 284 g/mol. The van der Waals surface area contributed by atoms with Crippen LogP contribution >= 0.6 is 0 Å². The Morgan fingerprint density at radius 2 is 2.15 bits per heavy atom. The van der Waals surface area contributed by atoms with Gasteiger partial charge in [-0.05, 0) is 19.1 Å². The van der Waals surface area contributed by atoms with E-state index in [2.05, 4.69) is 10.6 Å². The van der Waals surface area contributed by atoms with Crippen molar-refractivity contribution in [1.29, 1.82) is 0 Å². The second kappa shape index (κ2) is 9.28. The number of benzene rings is 1. The molecule has 0 bridgehead atoms. The molecular weight excluding hydrogens is 263 g/mol. The molecule has 0 fully saturated rings. The second-order valence-electron chi connectivity index (χ2n) is 4.33. The second-order valence-corrected chi connectivity index (χ2v) is 4.33. The van der Waals surface area contributed by atoms with E-state index in [9.17, 15) is 9.18 Å². The first kappa shape index (κ1) is 16.4. The van der Waals surface area contributed by atoms with Crippen LogP contribution in [0.4, 0.5) is 4.39 Å². The average Bonchev–Trinajstić information content (AvgIpc) is 2.44. The fourth-order valence-electron chi connectivity index (χ4n) is 1.49. The number of carbonyl (C=O) groups excluding carboxylic acids is 1. The molecule has 0 saturated carbocycles. The van der Waals surface area contributed by atoms with Crippen molar-refractivity contribution in [3.05, 3.63) is 30.1 Å². The minimum absolute atomic E-state index is 0.134. The standard InChI is InChI=1S/C14H21FN2O3/c1-11(20-13-6-4-3-5-12(13)15)9-17-14(18)10-16-7-8-19-2/h3-6,11,16H,7-10H2,1-2H3,(H,17,18). The molecule has 0 aliphatic heterocycles. The first-order valence-electron chi connectivity index (χ1n) is 6.51. The van der Waals surface area contributed by atoms with Crippen LogP contribution in [-0.4, -0.2) is 45.4 Å². The van der Waals surface area contributed by atoms with Crippen molar-refractivity contribution in [2.75, 3.05) is 33.4 Å². The van der Waals surface area contributed by atoms with E-state index in [1.54, 1.807) is 32.2 Å². The summed E-state index contributed by atoms with van der Waals surface area (Å²) in [6.07, 6.45) is -0.310. The minimum Gasteiger partial charge on any atom is -0.486 e. The summed E-state index contributed by atoms with van der Waals surface area (Å²) in [6.45, 7) is 3.48. The number of nitrogens with one attached hydrogen (secondary N) is 2. The predicted molar refractivity (Wildman–Crippen MR) is 74.2 cm³/mol. The van der Waals surface area contributed by atoms with Crippen molar-refractivity contribution in [3.8, 4) is 5.75 Å². The topological polar surface area (TPSA) is 59.6 Å². The zero-order valence-corrected chi connectivity index (χ0v) is 11.8. The zero-order valence-electron chi connectivity index (χ0n) is 11.8. The van der Waals surface area contributed by atoms with Gasteiger partial charge in [-0.1, -0.05) is 12.1 Å². The molecule has 1 aromatic carbocycles. The summed E-state index contributed by atoms with van der Waals surface area (Å²) in [6, 6.07) is 6.18. The fourth-order valence-corrected chi connectivity index (χ4v) is 1.49. The number of para-hydroxylation sites is 1. The lowest BCUT2D eigenvalue weighted by Gasteiger charge is -2.16. The number of amides is 1. The molecule has 1 atom stereocenters. The van der Waals surface area contributed by atoms with Crippen molar-refractivity contribution in [2.45, 2.75) is 13.0 Å². The summed E-state index contributed by atoms with van der Waals surface area (Å²) in [5, 5.41) is 5.64. The average molecular weight is 284 g/mol. The van der Waals surface area contributed by atoms with Crippen LogP contribution in [0.1, 0.15) is 6.92 Å². The lowest BCUT2D eigenvalue weighted by Crippen LogP contribution is -2.39. The molecule has 5 nitrogen and oxygen atoms in total. The van der Waals surface area contributed by atoms with E-state index < -0.39 is 5.82 Å². The van der Waals surface area contributed by atoms with Gasteiger partial charge in [-0.2, -0.15) is 0 Å². The van der Waals surface area contributed by atoms with E-state index in [0.29, 0.717) is 19.7 Å². The first-order chi connectivity index (χ1) is 9.63. The highest BCUT2D eigenvalue weighted by atomic mass is 19.1. The van der Waals surface area contributed by atoms with Crippen molar-refractivity contribution >= 4 is 5.91 Å². The normalized spacial score (nSPS) is 11.9. The Morgan fingerprint density at radius 3 is 2.85 bits per heavy atom. The molecule has 0 aliphatic rings. The Balaban J connectivity index is 2.21. The van der Waals surface area contributed by atoms with E-state index in [0.717, 1.165) is 0 Å². The Morgan fingerprint density at radius 1 is 1.40 bits per heavy atom. The third-order valence-electron chi connectivity index (χ3n) is 2.52. The van der Waals surface area contributed by atoms with Crippen LogP contribution in [0.3, 0.4) is 0 Å². The van der Waals surface area contributed by atoms with Gasteiger partial charge in [-0.15, -0.1) is 0 Å². The van der Waals surface area contributed by atoms with Gasteiger partial charge in [-0.25, -0.2) is 4.39 Å². The zero-order chi connectivity index (χ0) is 14.8. The van der Waals surface area contributed by atoms with Gasteiger partial charge in [0.25, 0.3) is 0 Å². The molecule has 1 unspecified atom stereocenters. The van der Waals surface area contributed by atoms with Crippen molar-refractivity contribution in [2.24, 2.45) is 0 Å². The van der Waals surface area contributed by atoms with Crippen LogP contribution < -0.4 is 15.4 Å². The van der Waals surface area contributed by atoms with Gasteiger partial charge in [-0.3, -0.25) is 4.79 Å². The van der Waals surface area contributed by atoms with Crippen LogP contribution in [0.2, 0.25) is 0 Å². The van der Waals surface area contributed by atoms with E-state index in [-0.39, 0.29) is 24.3 Å². The molecule has 0 saturated heterocycles. The van der Waals surface area contributed by atoms with Gasteiger partial charge in [0.1, 0.15) is 6.10 Å². The SMILES string of the molecule is COCCNCC(=O)NCC(C)Oc1ccccc1F. The molecule has 0 aliphatic carbocycles. The minimum atomic E-state index is -0.410. The largest absolute Gasteiger partial charge is 0.486 e. The number of rotatable bonds is 9. The van der Waals surface area contributed by atoms with Crippen molar-refractivity contribution in [1.82, 2.24) is 10.6 Å². The molecule has 1 aromatic rings. The van der Waals surface area contributed by atoms with Crippen LogP contribution in [0.25, 0.3) is 0 Å². The first-order valence-corrected chi connectivity index (χ1v) is 6.51. The van der Waals surface area contributed by atoms with Crippen LogP contribution in [0.5, 0.6) is 5.75 Å². The smallest absolute Gasteiger partial charge is 0.234 e. The maximum atomic E-state index is 13.4. The Kier molecular flexibility index (Phi) is 7.60. The number of carbonyl (C=O) groups is 1. The summed E-state index contributed by atoms with van der Waals surface area (Å²) in [4.78, 5) is 11.5. The predicted octanol–water partition coefficient (Wildman–Crippen LogP) is 0.945. The molecular formula is C14H21FN2O3. The van der Waals surface area contributed by atoms with Gasteiger partial charge >= 0.3 is 0 Å². The lowest BCUT2D eigenvalue weighted by molar-refractivity contribution is -0.120. The summed E-state index contributed by atoms with van der Waals surface area (Å²) in [5.41, 5.74) is 0. The van der Waals surface area contributed by atoms with Gasteiger partial charge < -0.3 is 20.1 Å². The van der Waals surface area contributed by atoms with Gasteiger partial charge in [0.15, 0.2) is 11.6 Å². The van der Waals surface area contributed by atoms with Crippen molar-refractivity contribution in [3.63, 3.8) is 0 Å². The third-order valence-corrected chi connectivity index (χ3v) is 2.52. The molecule has 0 spiro atoms. The number of ether oxygens (including phenoxy) is 2. The highest BCUT2D eigenvalue weighted by Crippen LogP contribution is 2.16. The Bertz CT molecular complexity index is 415. The van der Waals surface area contributed by atoms with Crippen LogP contribution in [0, 0.1) is 5.82 Å². The van der Waals surface area contributed by atoms with E-state index in [1.807, 2.05) is 0 Å². The third kappa shape index (κ3) is 6.49. The highest BCUT2D eigenvalue weighted by Gasteiger charge is 2.09. The van der Waals surface area contributed by atoms with E-state index in [4.69, 9.17) is 9.47 Å². The van der Waals surface area contributed by atoms with E-state index >= 15 is 0 Å². The van der Waals surface area contributed by atoms with Crippen LogP contribution in [-0.2, 0) is 9.53 Å². The lowest BCUT2D eigenvalue weighted by atomic mass is 10.3. The van der Waals surface area contributed by atoms with Gasteiger partial charge in [0.05, 0.1) is 19.7 Å². The molecule has 2 N–H and O–H groups in total. The van der Waals surface area contributed by atoms with E-state index in [1.165, 1.54) is 6.07 Å². The van der Waals surface area contributed by atoms with Crippen molar-refractivity contribution < 1.29 is 18.7 Å². The maximum absolute atomic E-state index is 13.4. The molecule has 1 amide bonds. The Hall–Kier alpha value is -1.66. The molecule has 20 heavy (non-hydrogen) atoms. The summed E-state index contributed by atoms with van der Waals surface area (Å²) in [5.74, 6) is -0.357. The molecule has 0 radical (unpaired) electrons. The molecule has 1 rings (SSSR count). The fraction of sp³-hybridized carbons (Fsp3) is 0.500. The van der Waals surface area contributed by atoms with Gasteiger partial charge in [0.2, 0.25) is 5.91 Å². The number of methoxy groups -OCH3 is 1.